The number of benzene rings is 1. The van der Waals surface area contributed by atoms with Crippen LogP contribution < -0.4 is 49.9 Å². The van der Waals surface area contributed by atoms with Gasteiger partial charge in [-0.25, -0.2) is 4.79 Å². The van der Waals surface area contributed by atoms with Gasteiger partial charge in [-0.05, 0) is 80.9 Å². The number of carbonyl (C=O) groups is 5. The number of aliphatic imine (C=N–C) groups is 2. The van der Waals surface area contributed by atoms with Gasteiger partial charge < -0.3 is 59.7 Å². The molecule has 59 heavy (non-hydrogen) atoms. The van der Waals surface area contributed by atoms with Crippen LogP contribution in [0.25, 0.3) is 0 Å². The second kappa shape index (κ2) is 24.9. The molecule has 4 amide bonds. The number of guanidine groups is 2. The summed E-state index contributed by atoms with van der Waals surface area (Å²) in [7, 11) is 0. The average molecular weight is 828 g/mol. The lowest BCUT2D eigenvalue weighted by atomic mass is 9.93. The smallest absolute Gasteiger partial charge is 0.326 e. The van der Waals surface area contributed by atoms with E-state index in [1.54, 1.807) is 19.1 Å². The summed E-state index contributed by atoms with van der Waals surface area (Å²) >= 11 is 0. The third-order valence-corrected chi connectivity index (χ3v) is 10.1. The summed E-state index contributed by atoms with van der Waals surface area (Å²) in [6.45, 7) is 8.00. The number of carbonyl (C=O) groups excluding carboxylic acids is 4. The van der Waals surface area contributed by atoms with Gasteiger partial charge in [-0.1, -0.05) is 46.2 Å². The predicted octanol–water partition coefficient (Wildman–Crippen LogP) is -1.16. The zero-order valence-electron chi connectivity index (χ0n) is 34.6. The number of nitrogens with zero attached hydrogens (tertiary/aromatic N) is 4. The van der Waals surface area contributed by atoms with Crippen molar-refractivity contribution in [1.82, 2.24) is 26.2 Å². The van der Waals surface area contributed by atoms with Crippen molar-refractivity contribution >= 4 is 41.5 Å². The summed E-state index contributed by atoms with van der Waals surface area (Å²) in [4.78, 5) is 76.6. The second-order valence-corrected chi connectivity index (χ2v) is 15.4. The molecule has 0 aromatic heterocycles. The molecule has 20 nitrogen and oxygen atoms in total. The molecule has 1 aromatic rings. The highest BCUT2D eigenvalue weighted by Gasteiger charge is 2.40. The lowest BCUT2D eigenvalue weighted by Gasteiger charge is -2.33. The maximum absolute atomic E-state index is 14.2. The molecule has 2 rings (SSSR count). The fourth-order valence-electron chi connectivity index (χ4n) is 6.74. The third-order valence-electron chi connectivity index (χ3n) is 10.1. The molecule has 1 aliphatic heterocycles. The molecule has 0 saturated carbocycles. The number of nitrogens with one attached hydrogen (secondary N) is 4. The van der Waals surface area contributed by atoms with Gasteiger partial charge in [-0.2, -0.15) is 5.26 Å². The average Bonchev–Trinajstić information content (AvgIpc) is 3.68. The van der Waals surface area contributed by atoms with Crippen molar-refractivity contribution in [3.63, 3.8) is 0 Å². The molecule has 1 aliphatic rings. The molecule has 1 fully saturated rings. The van der Waals surface area contributed by atoms with Gasteiger partial charge >= 0.3 is 5.97 Å². The van der Waals surface area contributed by atoms with E-state index in [4.69, 9.17) is 28.7 Å². The van der Waals surface area contributed by atoms with Crippen molar-refractivity contribution in [1.29, 1.82) is 5.26 Å². The topological polar surface area (TPSA) is 356 Å². The van der Waals surface area contributed by atoms with Crippen LogP contribution in [0.1, 0.15) is 84.6 Å². The Morgan fingerprint density at radius 3 is 2.05 bits per heavy atom. The van der Waals surface area contributed by atoms with Gasteiger partial charge in [0.2, 0.25) is 23.6 Å². The van der Waals surface area contributed by atoms with Crippen molar-refractivity contribution in [3.05, 3.63) is 29.8 Å². The Hall–Kier alpha value is -5.68. The molecule has 8 atom stereocenters. The maximum atomic E-state index is 14.2. The predicted molar refractivity (Wildman–Crippen MR) is 223 cm³/mol. The highest BCUT2D eigenvalue weighted by atomic mass is 16.4. The number of carboxylic acid groups (broad SMARTS) is 1. The number of aromatic hydroxyl groups is 1. The highest BCUT2D eigenvalue weighted by molar-refractivity contribution is 5.93. The Bertz CT molecular complexity index is 1640. The molecule has 1 aromatic carbocycles. The molecule has 7 unspecified atom stereocenters. The van der Waals surface area contributed by atoms with Gasteiger partial charge in [0.25, 0.3) is 0 Å². The fraction of sp³-hybridized carbons (Fsp3) is 0.641. The van der Waals surface area contributed by atoms with Gasteiger partial charge in [0.05, 0.1) is 24.2 Å². The summed E-state index contributed by atoms with van der Waals surface area (Å²) < 4.78 is 0. The van der Waals surface area contributed by atoms with Crippen molar-refractivity contribution in [3.8, 4) is 11.8 Å². The summed E-state index contributed by atoms with van der Waals surface area (Å²) in [6.07, 6.45) is 2.65. The summed E-state index contributed by atoms with van der Waals surface area (Å²) in [6, 6.07) is 1.07. The number of nitriles is 1. The monoisotopic (exact) mass is 828 g/mol. The van der Waals surface area contributed by atoms with E-state index in [-0.39, 0.29) is 81.2 Å². The molecule has 20 heteroatoms. The molecule has 1 heterocycles. The normalized spacial score (nSPS) is 17.2. The maximum Gasteiger partial charge on any atom is 0.326 e. The Morgan fingerprint density at radius 2 is 1.51 bits per heavy atom. The number of carboxylic acids is 1. The number of amides is 4. The van der Waals surface area contributed by atoms with E-state index < -0.39 is 71.9 Å². The molecular formula is C39H65N13O7. The third kappa shape index (κ3) is 17.0. The number of rotatable bonds is 25. The van der Waals surface area contributed by atoms with Crippen molar-refractivity contribution in [2.45, 2.75) is 128 Å². The van der Waals surface area contributed by atoms with Crippen LogP contribution in [0.15, 0.2) is 34.3 Å². The molecule has 0 bridgehead atoms. The van der Waals surface area contributed by atoms with Crippen LogP contribution in [0.2, 0.25) is 0 Å². The number of phenols is 1. The Morgan fingerprint density at radius 1 is 0.915 bits per heavy atom. The first-order valence-electron chi connectivity index (χ1n) is 20.1. The minimum Gasteiger partial charge on any atom is -0.508 e. The van der Waals surface area contributed by atoms with Crippen LogP contribution in [0.4, 0.5) is 0 Å². The lowest BCUT2D eigenvalue weighted by molar-refractivity contribution is -0.143. The van der Waals surface area contributed by atoms with E-state index in [1.807, 2.05) is 20.8 Å². The van der Waals surface area contributed by atoms with Crippen molar-refractivity contribution in [2.75, 3.05) is 19.6 Å². The van der Waals surface area contributed by atoms with Crippen LogP contribution in [-0.2, 0) is 30.4 Å². The molecule has 0 radical (unpaired) electrons. The number of hydrogen-bond donors (Lipinski definition) is 11. The first-order chi connectivity index (χ1) is 27.9. The van der Waals surface area contributed by atoms with E-state index in [9.17, 15) is 39.4 Å². The minimum atomic E-state index is -1.18. The first-order valence-corrected chi connectivity index (χ1v) is 20.1. The summed E-state index contributed by atoms with van der Waals surface area (Å²) in [5.74, 6) is -4.01. The van der Waals surface area contributed by atoms with E-state index >= 15 is 0 Å². The number of aliphatic carboxylic acids is 1. The number of nitrogens with two attached hydrogens (primary N) is 5. The number of hydrogen-bond acceptors (Lipinski definition) is 11. The molecular weight excluding hydrogens is 763 g/mol. The van der Waals surface area contributed by atoms with E-state index in [0.717, 1.165) is 0 Å². The molecule has 328 valence electrons. The number of likely N-dealkylation sites (tertiary alicyclic amines) is 1. The van der Waals surface area contributed by atoms with Crippen LogP contribution in [-0.4, -0.2) is 119 Å². The van der Waals surface area contributed by atoms with E-state index in [1.165, 1.54) is 17.0 Å². The second-order valence-electron chi connectivity index (χ2n) is 15.4. The van der Waals surface area contributed by atoms with Crippen LogP contribution in [0.3, 0.4) is 0 Å². The molecule has 0 spiro atoms. The standard InChI is InChI=1S/C39H65N13O7/c1-5-23(4)32(35(56)51-29(37(58)59)19-22(2)3)48-30(21-40)28(20-24-12-14-25(53)15-13-24)50-34(55)31-11-8-18-52(31)36(57)27(10-7-17-47-39(44)45)49-33(54)26(41)9-6-16-46-38(42)43/h12-15,22-23,26-32,48,53H,5-11,16-20,41H2,1-4H3,(H,49,54)(H,50,55)(H,51,56)(H,58,59)(H4,42,43,46)(H4,44,45,47)/t23?,26?,27?,28-,29?,30?,31?,32?/m1/s1. The molecule has 16 N–H and O–H groups in total. The molecule has 1 saturated heterocycles. The Kier molecular flexibility index (Phi) is 20.9. The SMILES string of the molecule is CCC(C)C(NC(C#N)[C@@H](Cc1ccc(O)cc1)NC(=O)C1CCCN1C(=O)C(CCCN=C(N)N)NC(=O)C(N)CCCN=C(N)N)C(=O)NC(CC(C)C)C(=O)O. The number of phenolic OH excluding ortho intramolecular Hbond substituents is 1. The quantitative estimate of drug-likeness (QED) is 0.0315. The van der Waals surface area contributed by atoms with Crippen LogP contribution >= 0.6 is 0 Å². The van der Waals surface area contributed by atoms with Gasteiger partial charge in [0.1, 0.15) is 29.9 Å². The van der Waals surface area contributed by atoms with Gasteiger partial charge in [-0.3, -0.25) is 34.5 Å². The zero-order chi connectivity index (χ0) is 44.2. The Labute approximate surface area is 346 Å². The van der Waals surface area contributed by atoms with Crippen LogP contribution in [0.5, 0.6) is 5.75 Å². The fourth-order valence-corrected chi connectivity index (χ4v) is 6.74. The highest BCUT2D eigenvalue weighted by Crippen LogP contribution is 2.22. The Balaban J connectivity index is 2.40. The largest absolute Gasteiger partial charge is 0.508 e. The van der Waals surface area contributed by atoms with Crippen LogP contribution in [0, 0.1) is 23.2 Å². The van der Waals surface area contributed by atoms with E-state index in [0.29, 0.717) is 31.2 Å². The zero-order valence-corrected chi connectivity index (χ0v) is 34.6. The van der Waals surface area contributed by atoms with E-state index in [2.05, 4.69) is 37.3 Å². The van der Waals surface area contributed by atoms with Crippen molar-refractivity contribution in [2.24, 2.45) is 50.5 Å². The lowest BCUT2D eigenvalue weighted by Crippen LogP contribution is -2.61. The van der Waals surface area contributed by atoms with Crippen molar-refractivity contribution < 1.29 is 34.2 Å². The van der Waals surface area contributed by atoms with Gasteiger partial charge in [-0.15, -0.1) is 0 Å². The summed E-state index contributed by atoms with van der Waals surface area (Å²) in [5.41, 5.74) is 28.5. The molecule has 0 aliphatic carbocycles. The minimum absolute atomic E-state index is 0.0131. The van der Waals surface area contributed by atoms with Gasteiger partial charge in [0, 0.05) is 19.6 Å². The summed E-state index contributed by atoms with van der Waals surface area (Å²) in [5, 5.41) is 41.7. The van der Waals surface area contributed by atoms with Gasteiger partial charge in [0.15, 0.2) is 11.9 Å². The first kappa shape index (κ1) is 49.5.